The van der Waals surface area contributed by atoms with Gasteiger partial charge in [-0.25, -0.2) is 4.98 Å². The molecule has 2 aromatic rings. The molecule has 2 aromatic heterocycles. The molecule has 1 fully saturated rings. The van der Waals surface area contributed by atoms with Crippen LogP contribution in [0.1, 0.15) is 19.8 Å². The fourth-order valence-corrected chi connectivity index (χ4v) is 2.49. The molecular weight excluding hydrogens is 228 g/mol. The summed E-state index contributed by atoms with van der Waals surface area (Å²) in [6, 6.07) is 0.360. The molecule has 1 saturated heterocycles. The van der Waals surface area contributed by atoms with Gasteiger partial charge in [-0.2, -0.15) is 0 Å². The van der Waals surface area contributed by atoms with Gasteiger partial charge in [0.15, 0.2) is 5.82 Å². The number of anilines is 1. The molecule has 1 N–H and O–H groups in total. The molecule has 3 heterocycles. The molecule has 6 heteroatoms. The highest BCUT2D eigenvalue weighted by Gasteiger charge is 2.15. The summed E-state index contributed by atoms with van der Waals surface area (Å²) in [7, 11) is 0. The van der Waals surface area contributed by atoms with Crippen molar-refractivity contribution in [1.29, 1.82) is 0 Å². The SMILES string of the molecule is CC(CN1CCCC1)Nc1nccn2cnnc12. The Morgan fingerprint density at radius 3 is 3.06 bits per heavy atom. The van der Waals surface area contributed by atoms with Crippen LogP contribution in [0.25, 0.3) is 5.65 Å². The first-order valence-electron chi connectivity index (χ1n) is 6.46. The van der Waals surface area contributed by atoms with Crippen molar-refractivity contribution in [3.63, 3.8) is 0 Å². The van der Waals surface area contributed by atoms with Crippen LogP contribution >= 0.6 is 0 Å². The molecule has 0 spiro atoms. The van der Waals surface area contributed by atoms with Crippen LogP contribution in [0.3, 0.4) is 0 Å². The summed E-state index contributed by atoms with van der Waals surface area (Å²) in [6.45, 7) is 5.67. The zero-order valence-corrected chi connectivity index (χ0v) is 10.6. The molecule has 0 aromatic carbocycles. The van der Waals surface area contributed by atoms with Crippen LogP contribution in [-0.2, 0) is 0 Å². The maximum absolute atomic E-state index is 4.34. The summed E-state index contributed by atoms with van der Waals surface area (Å²) in [6.07, 6.45) is 7.95. The van der Waals surface area contributed by atoms with Gasteiger partial charge in [0.05, 0.1) is 0 Å². The van der Waals surface area contributed by atoms with Crippen LogP contribution in [-0.4, -0.2) is 50.2 Å². The van der Waals surface area contributed by atoms with E-state index in [2.05, 4.69) is 32.3 Å². The quantitative estimate of drug-likeness (QED) is 0.873. The lowest BCUT2D eigenvalue weighted by Crippen LogP contribution is -2.33. The van der Waals surface area contributed by atoms with Gasteiger partial charge in [-0.3, -0.25) is 4.40 Å². The molecular formula is C12H18N6. The van der Waals surface area contributed by atoms with Crippen LogP contribution in [0.5, 0.6) is 0 Å². The second-order valence-corrected chi connectivity index (χ2v) is 4.89. The fraction of sp³-hybridized carbons (Fsp3) is 0.583. The van der Waals surface area contributed by atoms with E-state index < -0.39 is 0 Å². The molecule has 1 unspecified atom stereocenters. The van der Waals surface area contributed by atoms with Gasteiger partial charge in [-0.15, -0.1) is 10.2 Å². The molecule has 1 atom stereocenters. The first kappa shape index (κ1) is 11.4. The normalized spacial score (nSPS) is 18.3. The van der Waals surface area contributed by atoms with Crippen molar-refractivity contribution in [3.8, 4) is 0 Å². The molecule has 0 saturated carbocycles. The molecule has 1 aliphatic heterocycles. The van der Waals surface area contributed by atoms with E-state index in [1.54, 1.807) is 12.5 Å². The Balaban J connectivity index is 1.69. The lowest BCUT2D eigenvalue weighted by Gasteiger charge is -2.21. The van der Waals surface area contributed by atoms with Gasteiger partial charge in [-0.05, 0) is 32.9 Å². The Bertz CT molecular complexity index is 516. The van der Waals surface area contributed by atoms with Crippen molar-refractivity contribution in [2.75, 3.05) is 25.0 Å². The molecule has 96 valence electrons. The zero-order chi connectivity index (χ0) is 12.4. The zero-order valence-electron chi connectivity index (χ0n) is 10.6. The van der Waals surface area contributed by atoms with Crippen LogP contribution < -0.4 is 5.32 Å². The van der Waals surface area contributed by atoms with Crippen molar-refractivity contribution in [1.82, 2.24) is 24.5 Å². The van der Waals surface area contributed by atoms with Crippen molar-refractivity contribution in [2.45, 2.75) is 25.8 Å². The van der Waals surface area contributed by atoms with Gasteiger partial charge in [0.25, 0.3) is 0 Å². The minimum absolute atomic E-state index is 0.360. The second-order valence-electron chi connectivity index (χ2n) is 4.89. The molecule has 3 rings (SSSR count). The van der Waals surface area contributed by atoms with Gasteiger partial charge < -0.3 is 10.2 Å². The number of hydrogen-bond donors (Lipinski definition) is 1. The van der Waals surface area contributed by atoms with Crippen molar-refractivity contribution in [2.24, 2.45) is 0 Å². The highest BCUT2D eigenvalue weighted by atomic mass is 15.3. The Morgan fingerprint density at radius 1 is 1.39 bits per heavy atom. The molecule has 0 bridgehead atoms. The molecule has 0 amide bonds. The minimum Gasteiger partial charge on any atom is -0.363 e. The number of likely N-dealkylation sites (tertiary alicyclic amines) is 1. The lowest BCUT2D eigenvalue weighted by molar-refractivity contribution is 0.327. The average molecular weight is 246 g/mol. The van der Waals surface area contributed by atoms with E-state index in [-0.39, 0.29) is 0 Å². The Labute approximate surface area is 106 Å². The van der Waals surface area contributed by atoms with E-state index in [9.17, 15) is 0 Å². The van der Waals surface area contributed by atoms with Crippen LogP contribution in [0.15, 0.2) is 18.7 Å². The summed E-state index contributed by atoms with van der Waals surface area (Å²) in [5.41, 5.74) is 0.783. The summed E-state index contributed by atoms with van der Waals surface area (Å²) in [4.78, 5) is 6.83. The molecule has 0 aliphatic carbocycles. The Kier molecular flexibility index (Phi) is 3.10. The van der Waals surface area contributed by atoms with Gasteiger partial charge in [0.2, 0.25) is 5.65 Å². The lowest BCUT2D eigenvalue weighted by atomic mass is 10.3. The third-order valence-corrected chi connectivity index (χ3v) is 3.33. The minimum atomic E-state index is 0.360. The molecule has 18 heavy (non-hydrogen) atoms. The summed E-state index contributed by atoms with van der Waals surface area (Å²) in [5.74, 6) is 0.807. The number of nitrogens with zero attached hydrogens (tertiary/aromatic N) is 5. The number of fused-ring (bicyclic) bond motifs is 1. The van der Waals surface area contributed by atoms with Crippen LogP contribution in [0.2, 0.25) is 0 Å². The number of aromatic nitrogens is 4. The highest BCUT2D eigenvalue weighted by Crippen LogP contribution is 2.13. The Morgan fingerprint density at radius 2 is 2.22 bits per heavy atom. The largest absolute Gasteiger partial charge is 0.363 e. The van der Waals surface area contributed by atoms with E-state index >= 15 is 0 Å². The van der Waals surface area contributed by atoms with Gasteiger partial charge in [0.1, 0.15) is 6.33 Å². The first-order chi connectivity index (χ1) is 8.83. The maximum Gasteiger partial charge on any atom is 0.203 e. The topological polar surface area (TPSA) is 58.4 Å². The van der Waals surface area contributed by atoms with Crippen molar-refractivity contribution < 1.29 is 0 Å². The van der Waals surface area contributed by atoms with E-state index in [0.717, 1.165) is 18.0 Å². The summed E-state index contributed by atoms with van der Waals surface area (Å²) >= 11 is 0. The van der Waals surface area contributed by atoms with E-state index in [4.69, 9.17) is 0 Å². The van der Waals surface area contributed by atoms with Crippen molar-refractivity contribution in [3.05, 3.63) is 18.7 Å². The number of rotatable bonds is 4. The third kappa shape index (κ3) is 2.28. The molecule has 1 aliphatic rings. The van der Waals surface area contributed by atoms with Gasteiger partial charge >= 0.3 is 0 Å². The monoisotopic (exact) mass is 246 g/mol. The Hall–Kier alpha value is -1.69. The first-order valence-corrected chi connectivity index (χ1v) is 6.46. The highest BCUT2D eigenvalue weighted by molar-refractivity contribution is 5.61. The standard InChI is InChI=1S/C12H18N6/c1-10(8-17-5-2-3-6-17)15-11-12-16-14-9-18(12)7-4-13-11/h4,7,9-10H,2-3,5-6,8H2,1H3,(H,13,15). The van der Waals surface area contributed by atoms with Gasteiger partial charge in [0, 0.05) is 25.0 Å². The van der Waals surface area contributed by atoms with E-state index in [1.807, 2.05) is 10.6 Å². The fourth-order valence-electron chi connectivity index (χ4n) is 2.49. The molecule has 0 radical (unpaired) electrons. The van der Waals surface area contributed by atoms with Gasteiger partial charge in [-0.1, -0.05) is 0 Å². The third-order valence-electron chi connectivity index (χ3n) is 3.33. The predicted molar refractivity (Wildman–Crippen MR) is 69.5 cm³/mol. The van der Waals surface area contributed by atoms with Crippen LogP contribution in [0, 0.1) is 0 Å². The van der Waals surface area contributed by atoms with Crippen molar-refractivity contribution >= 4 is 11.5 Å². The number of nitrogens with one attached hydrogen (secondary N) is 1. The predicted octanol–water partition coefficient (Wildman–Crippen LogP) is 1.02. The molecule has 6 nitrogen and oxygen atoms in total. The van der Waals surface area contributed by atoms with E-state index in [1.165, 1.54) is 25.9 Å². The summed E-state index contributed by atoms with van der Waals surface area (Å²) in [5, 5.41) is 11.4. The second kappa shape index (κ2) is 4.89. The average Bonchev–Trinajstić information content (AvgIpc) is 2.99. The summed E-state index contributed by atoms with van der Waals surface area (Å²) < 4.78 is 1.87. The maximum atomic E-state index is 4.34. The van der Waals surface area contributed by atoms with Crippen LogP contribution in [0.4, 0.5) is 5.82 Å². The smallest absolute Gasteiger partial charge is 0.203 e. The van der Waals surface area contributed by atoms with E-state index in [0.29, 0.717) is 6.04 Å². The number of hydrogen-bond acceptors (Lipinski definition) is 5.